The lowest BCUT2D eigenvalue weighted by atomic mass is 9.96. The van der Waals surface area contributed by atoms with E-state index in [0.717, 1.165) is 0 Å². The molecule has 0 unspecified atom stereocenters. The Hall–Kier alpha value is -0.720. The van der Waals surface area contributed by atoms with Crippen LogP contribution in [0.15, 0.2) is 0 Å². The molecule has 3 fully saturated rings. The highest BCUT2D eigenvalue weighted by molar-refractivity contribution is 4.95. The lowest BCUT2D eigenvalue weighted by Crippen LogP contribution is -2.65. The van der Waals surface area contributed by atoms with E-state index in [9.17, 15) is 51.1 Å². The predicted molar refractivity (Wildman–Crippen MR) is 120 cm³/mol. The van der Waals surface area contributed by atoms with Crippen LogP contribution in [0.5, 0.6) is 0 Å². The van der Waals surface area contributed by atoms with Crippen LogP contribution >= 0.6 is 0 Å². The standard InChI is InChI=1S/C21H39NO17/c23-3-7-10(26)13(29)15(31)19(36-7)35-5-9-12(28)18(17(33)20(38-9)34-2-1-22-6-25)39-21-16(32)14(30)11(27)8(4-24)37-21/h7-33H,1-6H2/t7-,8-,9-,10-,11-,12-,13+,14+,15+,16+,17+,18+,19+,20+,21-/m1/s1. The number of hydrogen-bond acceptors (Lipinski definition) is 18. The average molecular weight is 578 g/mol. The molecule has 0 aromatic rings. The molecule has 3 rings (SSSR count). The molecule has 3 saturated heterocycles. The zero-order chi connectivity index (χ0) is 28.9. The summed E-state index contributed by atoms with van der Waals surface area (Å²) in [5.74, 6) is 0. The molecule has 15 atom stereocenters. The first-order chi connectivity index (χ1) is 18.5. The fourth-order valence-corrected chi connectivity index (χ4v) is 4.39. The SMILES string of the molecule is OCNCCO[C@H]1O[C@H](CO[C@H]2O[C@H](CO)[C@@H](O)[C@H](O)[C@@H]2O)[C@@H](O)[C@H](O[C@H]2O[C@H](CO)[C@@H](O)[C@H](O)[C@@H]2O)[C@@H]1O. The van der Waals surface area contributed by atoms with Crippen LogP contribution in [0.1, 0.15) is 0 Å². The molecule has 39 heavy (non-hydrogen) atoms. The maximum atomic E-state index is 10.9. The molecule has 18 heteroatoms. The Morgan fingerprint density at radius 1 is 0.538 bits per heavy atom. The lowest BCUT2D eigenvalue weighted by Gasteiger charge is -2.46. The van der Waals surface area contributed by atoms with Crippen LogP contribution in [0, 0.1) is 0 Å². The topological polar surface area (TPSA) is 290 Å². The van der Waals surface area contributed by atoms with Crippen molar-refractivity contribution in [3.63, 3.8) is 0 Å². The van der Waals surface area contributed by atoms with E-state index in [1.807, 2.05) is 0 Å². The van der Waals surface area contributed by atoms with Crippen LogP contribution in [0.3, 0.4) is 0 Å². The summed E-state index contributed by atoms with van der Waals surface area (Å²) in [6.07, 6.45) is -24.2. The maximum absolute atomic E-state index is 10.9. The highest BCUT2D eigenvalue weighted by Gasteiger charge is 2.52. The van der Waals surface area contributed by atoms with Crippen molar-refractivity contribution in [2.45, 2.75) is 92.1 Å². The third-order valence-electron chi connectivity index (χ3n) is 6.73. The zero-order valence-corrected chi connectivity index (χ0v) is 20.8. The number of rotatable bonds is 12. The first-order valence-corrected chi connectivity index (χ1v) is 12.4. The number of hydrogen-bond donors (Lipinski definition) is 12. The third-order valence-corrected chi connectivity index (χ3v) is 6.73. The molecule has 18 nitrogen and oxygen atoms in total. The van der Waals surface area contributed by atoms with Crippen molar-refractivity contribution < 1.29 is 84.6 Å². The van der Waals surface area contributed by atoms with E-state index >= 15 is 0 Å². The van der Waals surface area contributed by atoms with Gasteiger partial charge in [0.25, 0.3) is 0 Å². The number of aliphatic hydroxyl groups excluding tert-OH is 11. The summed E-state index contributed by atoms with van der Waals surface area (Å²) in [7, 11) is 0. The summed E-state index contributed by atoms with van der Waals surface area (Å²) in [6.45, 7) is -2.33. The zero-order valence-electron chi connectivity index (χ0n) is 20.8. The molecule has 3 heterocycles. The molecule has 12 N–H and O–H groups in total. The minimum Gasteiger partial charge on any atom is -0.394 e. The van der Waals surface area contributed by atoms with Crippen molar-refractivity contribution in [3.05, 3.63) is 0 Å². The van der Waals surface area contributed by atoms with E-state index in [2.05, 4.69) is 5.32 Å². The molecule has 0 spiro atoms. The average Bonchev–Trinajstić information content (AvgIpc) is 2.93. The monoisotopic (exact) mass is 577 g/mol. The molecule has 3 aliphatic heterocycles. The van der Waals surface area contributed by atoms with Gasteiger partial charge in [0.1, 0.15) is 73.2 Å². The van der Waals surface area contributed by atoms with Crippen LogP contribution in [0.4, 0.5) is 0 Å². The van der Waals surface area contributed by atoms with Crippen LogP contribution in [-0.2, 0) is 28.4 Å². The summed E-state index contributed by atoms with van der Waals surface area (Å²) in [5, 5.41) is 112. The largest absolute Gasteiger partial charge is 0.394 e. The van der Waals surface area contributed by atoms with Crippen molar-refractivity contribution in [1.29, 1.82) is 0 Å². The van der Waals surface area contributed by atoms with Gasteiger partial charge < -0.3 is 84.6 Å². The molecule has 230 valence electrons. The van der Waals surface area contributed by atoms with Gasteiger partial charge in [-0.05, 0) is 0 Å². The van der Waals surface area contributed by atoms with Gasteiger partial charge in [-0.3, -0.25) is 5.32 Å². The van der Waals surface area contributed by atoms with Crippen molar-refractivity contribution in [3.8, 4) is 0 Å². The fraction of sp³-hybridized carbons (Fsp3) is 1.00. The highest BCUT2D eigenvalue weighted by Crippen LogP contribution is 2.30. The van der Waals surface area contributed by atoms with Gasteiger partial charge in [-0.25, -0.2) is 0 Å². The van der Waals surface area contributed by atoms with Crippen LogP contribution < -0.4 is 5.32 Å². The number of aliphatic hydroxyl groups is 11. The van der Waals surface area contributed by atoms with Crippen LogP contribution in [0.2, 0.25) is 0 Å². The van der Waals surface area contributed by atoms with Crippen molar-refractivity contribution in [2.24, 2.45) is 0 Å². The summed E-state index contributed by atoms with van der Waals surface area (Å²) >= 11 is 0. The molecule has 0 amide bonds. The predicted octanol–water partition coefficient (Wildman–Crippen LogP) is -8.01. The minimum atomic E-state index is -1.85. The van der Waals surface area contributed by atoms with Gasteiger partial charge in [0.05, 0.1) is 33.2 Å². The van der Waals surface area contributed by atoms with E-state index in [0.29, 0.717) is 0 Å². The Balaban J connectivity index is 1.73. The molecular formula is C21H39NO17. The first kappa shape index (κ1) is 32.8. The normalized spacial score (nSPS) is 47.3. The summed E-state index contributed by atoms with van der Waals surface area (Å²) in [5.41, 5.74) is 0. The second kappa shape index (κ2) is 15.0. The van der Waals surface area contributed by atoms with Gasteiger partial charge in [-0.2, -0.15) is 0 Å². The lowest BCUT2D eigenvalue weighted by molar-refractivity contribution is -0.366. The quantitative estimate of drug-likeness (QED) is 0.0757. The van der Waals surface area contributed by atoms with E-state index < -0.39 is 112 Å². The molecular weight excluding hydrogens is 538 g/mol. The molecule has 0 saturated carbocycles. The number of ether oxygens (including phenoxy) is 6. The minimum absolute atomic E-state index is 0.0918. The summed E-state index contributed by atoms with van der Waals surface area (Å²) < 4.78 is 32.6. The van der Waals surface area contributed by atoms with E-state index in [4.69, 9.17) is 33.5 Å². The van der Waals surface area contributed by atoms with Gasteiger partial charge in [0.15, 0.2) is 18.9 Å². The highest BCUT2D eigenvalue weighted by atomic mass is 16.7. The van der Waals surface area contributed by atoms with E-state index in [1.54, 1.807) is 0 Å². The van der Waals surface area contributed by atoms with Gasteiger partial charge >= 0.3 is 0 Å². The summed E-state index contributed by atoms with van der Waals surface area (Å²) in [6, 6.07) is 0. The van der Waals surface area contributed by atoms with Gasteiger partial charge in [0.2, 0.25) is 0 Å². The third kappa shape index (κ3) is 7.57. The van der Waals surface area contributed by atoms with Gasteiger partial charge in [0, 0.05) is 6.54 Å². The second-order valence-electron chi connectivity index (χ2n) is 9.38. The Labute approximate surface area is 222 Å². The summed E-state index contributed by atoms with van der Waals surface area (Å²) in [4.78, 5) is 0. The number of nitrogens with one attached hydrogen (secondary N) is 1. The molecule has 0 aromatic carbocycles. The van der Waals surface area contributed by atoms with Crippen molar-refractivity contribution in [2.75, 3.05) is 39.7 Å². The molecule has 0 bridgehead atoms. The first-order valence-electron chi connectivity index (χ1n) is 12.4. The smallest absolute Gasteiger partial charge is 0.187 e. The van der Waals surface area contributed by atoms with E-state index in [-0.39, 0.29) is 19.9 Å². The molecule has 0 radical (unpaired) electrons. The molecule has 0 aliphatic carbocycles. The second-order valence-corrected chi connectivity index (χ2v) is 9.38. The van der Waals surface area contributed by atoms with Crippen molar-refractivity contribution in [1.82, 2.24) is 5.32 Å². The van der Waals surface area contributed by atoms with Crippen LogP contribution in [0.25, 0.3) is 0 Å². The maximum Gasteiger partial charge on any atom is 0.187 e. The van der Waals surface area contributed by atoms with Gasteiger partial charge in [-0.1, -0.05) is 0 Å². The Morgan fingerprint density at radius 3 is 1.62 bits per heavy atom. The fourth-order valence-electron chi connectivity index (χ4n) is 4.39. The Bertz CT molecular complexity index is 720. The molecule has 0 aromatic heterocycles. The van der Waals surface area contributed by atoms with Crippen LogP contribution in [-0.4, -0.2) is 188 Å². The van der Waals surface area contributed by atoms with Crippen molar-refractivity contribution >= 4 is 0 Å². The Morgan fingerprint density at radius 2 is 1.05 bits per heavy atom. The molecule has 3 aliphatic rings. The van der Waals surface area contributed by atoms with Gasteiger partial charge in [-0.15, -0.1) is 0 Å². The van der Waals surface area contributed by atoms with E-state index in [1.165, 1.54) is 0 Å². The Kier molecular flexibility index (Phi) is 12.6.